The zero-order valence-corrected chi connectivity index (χ0v) is 15.1. The van der Waals surface area contributed by atoms with Gasteiger partial charge in [0.05, 0.1) is 19.1 Å². The van der Waals surface area contributed by atoms with E-state index in [2.05, 4.69) is 0 Å². The molecule has 25 heavy (non-hydrogen) atoms. The van der Waals surface area contributed by atoms with E-state index in [0.717, 1.165) is 31.2 Å². The summed E-state index contributed by atoms with van der Waals surface area (Å²) >= 11 is 0. The van der Waals surface area contributed by atoms with Gasteiger partial charge in [0.1, 0.15) is 5.75 Å². The van der Waals surface area contributed by atoms with Gasteiger partial charge in [0.2, 0.25) is 5.91 Å². The fourth-order valence-corrected chi connectivity index (χ4v) is 4.21. The number of methoxy groups -OCH3 is 1. The van der Waals surface area contributed by atoms with Crippen LogP contribution in [0.3, 0.4) is 0 Å². The fourth-order valence-electron chi connectivity index (χ4n) is 4.21. The van der Waals surface area contributed by atoms with Crippen LogP contribution < -0.4 is 4.74 Å². The first-order valence-corrected chi connectivity index (χ1v) is 9.11. The molecule has 1 saturated heterocycles. The van der Waals surface area contributed by atoms with Crippen LogP contribution in [-0.4, -0.2) is 47.5 Å². The molecule has 1 aliphatic carbocycles. The second-order valence-electron chi connectivity index (χ2n) is 7.40. The van der Waals surface area contributed by atoms with Crippen molar-refractivity contribution in [2.75, 3.05) is 20.2 Å². The van der Waals surface area contributed by atoms with E-state index in [9.17, 15) is 14.7 Å². The quantitative estimate of drug-likeness (QED) is 0.852. The topological polar surface area (TPSA) is 66.8 Å². The Morgan fingerprint density at radius 2 is 2.12 bits per heavy atom. The molecule has 1 aliphatic heterocycles. The molecule has 1 saturated carbocycles. The van der Waals surface area contributed by atoms with Gasteiger partial charge < -0.3 is 14.7 Å². The third-order valence-electron chi connectivity index (χ3n) is 5.81. The van der Waals surface area contributed by atoms with E-state index in [4.69, 9.17) is 4.74 Å². The highest BCUT2D eigenvalue weighted by Crippen LogP contribution is 2.40. The number of nitrogens with zero attached hydrogens (tertiary/aromatic N) is 1. The predicted molar refractivity (Wildman–Crippen MR) is 94.8 cm³/mol. The third kappa shape index (κ3) is 3.71. The van der Waals surface area contributed by atoms with Crippen molar-refractivity contribution in [3.63, 3.8) is 0 Å². The summed E-state index contributed by atoms with van der Waals surface area (Å²) in [4.78, 5) is 26.3. The molecule has 0 radical (unpaired) electrons. The van der Waals surface area contributed by atoms with Crippen molar-refractivity contribution < 1.29 is 19.4 Å². The van der Waals surface area contributed by atoms with E-state index < -0.39 is 5.60 Å². The van der Waals surface area contributed by atoms with Crippen molar-refractivity contribution >= 4 is 11.7 Å². The second-order valence-corrected chi connectivity index (χ2v) is 7.40. The number of ketones is 1. The molecule has 136 valence electrons. The van der Waals surface area contributed by atoms with Gasteiger partial charge in [-0.25, -0.2) is 0 Å². The van der Waals surface area contributed by atoms with Gasteiger partial charge in [-0.05, 0) is 44.4 Å². The number of Topliss-reactive ketones (excluding diaryl/α,β-unsaturated/α-hetero) is 1. The van der Waals surface area contributed by atoms with Gasteiger partial charge >= 0.3 is 0 Å². The SMILES string of the molecule is COc1ccc(C(C)=O)cc1CC(=O)N1CCC2(O)CCCCC2C1. The molecular formula is C20H27NO4. The standard InChI is InChI=1S/C20H27NO4/c1-14(22)15-6-7-18(25-2)16(11-15)12-19(23)21-10-9-20(24)8-4-3-5-17(20)13-21/h6-7,11,17,24H,3-5,8-10,12-13H2,1-2H3. The van der Waals surface area contributed by atoms with Crippen LogP contribution in [0.4, 0.5) is 0 Å². The number of fused-ring (bicyclic) bond motifs is 1. The number of carbonyl (C=O) groups is 2. The van der Waals surface area contributed by atoms with Crippen molar-refractivity contribution in [1.29, 1.82) is 0 Å². The first-order chi connectivity index (χ1) is 11.9. The normalized spacial score (nSPS) is 26.0. The maximum Gasteiger partial charge on any atom is 0.227 e. The van der Waals surface area contributed by atoms with Crippen LogP contribution in [0.15, 0.2) is 18.2 Å². The number of aliphatic hydroxyl groups is 1. The summed E-state index contributed by atoms with van der Waals surface area (Å²) in [5, 5.41) is 10.8. The molecular weight excluding hydrogens is 318 g/mol. The molecule has 2 unspecified atom stereocenters. The fraction of sp³-hybridized carbons (Fsp3) is 0.600. The van der Waals surface area contributed by atoms with Crippen LogP contribution in [-0.2, 0) is 11.2 Å². The Morgan fingerprint density at radius 1 is 1.32 bits per heavy atom. The maximum atomic E-state index is 12.8. The van der Waals surface area contributed by atoms with Gasteiger partial charge in [0.25, 0.3) is 0 Å². The third-order valence-corrected chi connectivity index (χ3v) is 5.81. The number of benzene rings is 1. The lowest BCUT2D eigenvalue weighted by molar-refractivity contribution is -0.142. The highest BCUT2D eigenvalue weighted by Gasteiger charge is 2.43. The molecule has 1 N–H and O–H groups in total. The predicted octanol–water partition coefficient (Wildman–Crippen LogP) is 2.59. The Labute approximate surface area is 149 Å². The summed E-state index contributed by atoms with van der Waals surface area (Å²) in [7, 11) is 1.57. The smallest absolute Gasteiger partial charge is 0.227 e. The van der Waals surface area contributed by atoms with Gasteiger partial charge in [-0.1, -0.05) is 12.8 Å². The minimum atomic E-state index is -0.582. The van der Waals surface area contributed by atoms with E-state index in [-0.39, 0.29) is 24.0 Å². The molecule has 1 aromatic carbocycles. The second kappa shape index (κ2) is 7.16. The first-order valence-electron chi connectivity index (χ1n) is 9.11. The number of carbonyl (C=O) groups excluding carboxylic acids is 2. The molecule has 1 amide bonds. The lowest BCUT2D eigenvalue weighted by Crippen LogP contribution is -2.54. The van der Waals surface area contributed by atoms with E-state index in [1.54, 1.807) is 25.3 Å². The number of amides is 1. The van der Waals surface area contributed by atoms with Crippen LogP contribution >= 0.6 is 0 Å². The molecule has 0 bridgehead atoms. The summed E-state index contributed by atoms with van der Waals surface area (Å²) in [6.07, 6.45) is 4.93. The number of rotatable bonds is 4. The van der Waals surface area contributed by atoms with Crippen molar-refractivity contribution in [2.24, 2.45) is 5.92 Å². The minimum absolute atomic E-state index is 0.0263. The Kier molecular flexibility index (Phi) is 5.13. The zero-order chi connectivity index (χ0) is 18.0. The van der Waals surface area contributed by atoms with Gasteiger partial charge in [-0.2, -0.15) is 0 Å². The van der Waals surface area contributed by atoms with Gasteiger partial charge in [-0.3, -0.25) is 9.59 Å². The van der Waals surface area contributed by atoms with Crippen LogP contribution in [0.5, 0.6) is 5.75 Å². The van der Waals surface area contributed by atoms with E-state index >= 15 is 0 Å². The summed E-state index contributed by atoms with van der Waals surface area (Å²) in [5.74, 6) is 0.821. The Morgan fingerprint density at radius 3 is 2.84 bits per heavy atom. The number of piperidine rings is 1. The monoisotopic (exact) mass is 345 g/mol. The zero-order valence-electron chi connectivity index (χ0n) is 15.1. The maximum absolute atomic E-state index is 12.8. The van der Waals surface area contributed by atoms with Gasteiger partial charge in [0.15, 0.2) is 5.78 Å². The van der Waals surface area contributed by atoms with E-state index in [1.807, 2.05) is 4.90 Å². The lowest BCUT2D eigenvalue weighted by Gasteiger charge is -2.47. The molecule has 5 heteroatoms. The molecule has 1 heterocycles. The van der Waals surface area contributed by atoms with Gasteiger partial charge in [-0.15, -0.1) is 0 Å². The lowest BCUT2D eigenvalue weighted by atomic mass is 9.71. The summed E-state index contributed by atoms with van der Waals surface area (Å²) in [6, 6.07) is 5.22. The van der Waals surface area contributed by atoms with Gasteiger partial charge in [0, 0.05) is 30.1 Å². The van der Waals surface area contributed by atoms with Crippen molar-refractivity contribution in [2.45, 2.75) is 51.0 Å². The summed E-state index contributed by atoms with van der Waals surface area (Å²) in [5.41, 5.74) is 0.745. The van der Waals surface area contributed by atoms with Crippen molar-refractivity contribution in [3.8, 4) is 5.75 Å². The largest absolute Gasteiger partial charge is 0.496 e. The molecule has 2 fully saturated rings. The molecule has 2 atom stereocenters. The van der Waals surface area contributed by atoms with Crippen LogP contribution in [0.25, 0.3) is 0 Å². The summed E-state index contributed by atoms with van der Waals surface area (Å²) in [6.45, 7) is 2.74. The Balaban J connectivity index is 1.72. The molecule has 2 aliphatic rings. The van der Waals surface area contributed by atoms with Crippen LogP contribution in [0.2, 0.25) is 0 Å². The number of hydrogen-bond donors (Lipinski definition) is 1. The Bertz CT molecular complexity index is 672. The highest BCUT2D eigenvalue weighted by molar-refractivity contribution is 5.94. The van der Waals surface area contributed by atoms with Crippen LogP contribution in [0, 0.1) is 5.92 Å². The average molecular weight is 345 g/mol. The van der Waals surface area contributed by atoms with E-state index in [1.165, 1.54) is 6.92 Å². The molecule has 0 spiro atoms. The number of likely N-dealkylation sites (tertiary alicyclic amines) is 1. The van der Waals surface area contributed by atoms with E-state index in [0.29, 0.717) is 30.8 Å². The Hall–Kier alpha value is -1.88. The molecule has 1 aromatic rings. The average Bonchev–Trinajstić information content (AvgIpc) is 2.60. The minimum Gasteiger partial charge on any atom is -0.496 e. The molecule has 0 aromatic heterocycles. The summed E-state index contributed by atoms with van der Waals surface area (Å²) < 4.78 is 5.35. The highest BCUT2D eigenvalue weighted by atomic mass is 16.5. The molecule has 3 rings (SSSR count). The van der Waals surface area contributed by atoms with Crippen LogP contribution in [0.1, 0.15) is 54.9 Å². The first kappa shape index (κ1) is 17.9. The number of hydrogen-bond acceptors (Lipinski definition) is 4. The van der Waals surface area contributed by atoms with Crippen molar-refractivity contribution in [1.82, 2.24) is 4.90 Å². The van der Waals surface area contributed by atoms with Crippen molar-refractivity contribution in [3.05, 3.63) is 29.3 Å². The number of ether oxygens (including phenoxy) is 1. The molecule has 5 nitrogen and oxygen atoms in total.